The molecule has 2 heterocycles. The Morgan fingerprint density at radius 2 is 2.10 bits per heavy atom. The third kappa shape index (κ3) is 3.02. The van der Waals surface area contributed by atoms with Gasteiger partial charge in [0.2, 0.25) is 0 Å². The van der Waals surface area contributed by atoms with Crippen LogP contribution in [0, 0.1) is 0 Å². The Balaban J connectivity index is 1.98. The number of carboxylic acid groups (broad SMARTS) is 2. The number of rotatable bonds is 4. The molecule has 0 radical (unpaired) electrons. The van der Waals surface area contributed by atoms with Gasteiger partial charge in [0.15, 0.2) is 5.82 Å². The number of aliphatic carboxylic acids is 2. The first-order valence-electron chi connectivity index (χ1n) is 5.84. The average Bonchev–Trinajstić information content (AvgIpc) is 2.84. The number of carbonyl (C=O) groups is 3. The second kappa shape index (κ2) is 5.55. The van der Waals surface area contributed by atoms with Crippen LogP contribution in [0.2, 0.25) is 0 Å². The number of carbonyl (C=O) groups excluding carboxylic acids is 1. The fraction of sp³-hybridized carbons (Fsp3) is 0.500. The first-order chi connectivity index (χ1) is 9.47. The number of hydrogen-bond acceptors (Lipinski definition) is 5. The summed E-state index contributed by atoms with van der Waals surface area (Å²) in [6.45, 7) is 1.08. The summed E-state index contributed by atoms with van der Waals surface area (Å²) in [7, 11) is 0. The molecule has 0 aliphatic carbocycles. The van der Waals surface area contributed by atoms with E-state index in [2.05, 4.69) is 15.5 Å². The van der Waals surface area contributed by atoms with E-state index in [9.17, 15) is 14.4 Å². The molecule has 0 saturated heterocycles. The van der Waals surface area contributed by atoms with Gasteiger partial charge in [-0.1, -0.05) is 0 Å². The first-order valence-corrected chi connectivity index (χ1v) is 5.84. The molecule has 108 valence electrons. The van der Waals surface area contributed by atoms with Gasteiger partial charge in [-0.3, -0.25) is 4.79 Å². The monoisotopic (exact) mass is 283 g/mol. The number of hydrogen-bond donors (Lipinski definition) is 3. The molecule has 1 aliphatic heterocycles. The molecule has 0 aromatic carbocycles. The summed E-state index contributed by atoms with van der Waals surface area (Å²) in [6, 6.07) is -2.09. The maximum atomic E-state index is 11.9. The van der Waals surface area contributed by atoms with Crippen LogP contribution < -0.4 is 5.32 Å². The van der Waals surface area contributed by atoms with Gasteiger partial charge in [-0.05, 0) is 0 Å². The molecule has 2 amide bonds. The van der Waals surface area contributed by atoms with Crippen molar-refractivity contribution in [1.82, 2.24) is 25.0 Å². The summed E-state index contributed by atoms with van der Waals surface area (Å²) >= 11 is 0. The summed E-state index contributed by atoms with van der Waals surface area (Å²) in [6.07, 6.45) is 0.875. The summed E-state index contributed by atoms with van der Waals surface area (Å²) in [5, 5.41) is 27.2. The third-order valence-corrected chi connectivity index (χ3v) is 2.90. The smallest absolute Gasteiger partial charge is 0.326 e. The lowest BCUT2D eigenvalue weighted by atomic mass is 10.2. The number of amides is 2. The number of aromatic nitrogens is 3. The van der Waals surface area contributed by atoms with Gasteiger partial charge in [0.1, 0.15) is 12.4 Å². The molecule has 10 nitrogen and oxygen atoms in total. The van der Waals surface area contributed by atoms with Crippen molar-refractivity contribution in [2.45, 2.75) is 25.6 Å². The van der Waals surface area contributed by atoms with E-state index in [0.29, 0.717) is 18.9 Å². The molecule has 0 bridgehead atoms. The zero-order valence-electron chi connectivity index (χ0n) is 10.4. The van der Waals surface area contributed by atoms with Crippen molar-refractivity contribution in [2.75, 3.05) is 6.54 Å². The molecule has 2 rings (SSSR count). The highest BCUT2D eigenvalue weighted by Crippen LogP contribution is 2.09. The number of nitrogens with one attached hydrogen (secondary N) is 1. The van der Waals surface area contributed by atoms with Crippen molar-refractivity contribution in [3.05, 3.63) is 12.2 Å². The van der Waals surface area contributed by atoms with E-state index in [4.69, 9.17) is 10.2 Å². The molecule has 10 heteroatoms. The molecule has 0 fully saturated rings. The molecule has 0 spiro atoms. The normalized spacial score (nSPS) is 15.3. The Morgan fingerprint density at radius 3 is 2.75 bits per heavy atom. The molecule has 0 saturated carbocycles. The van der Waals surface area contributed by atoms with E-state index < -0.39 is 30.4 Å². The van der Waals surface area contributed by atoms with Crippen LogP contribution in [-0.4, -0.2) is 60.4 Å². The van der Waals surface area contributed by atoms with Gasteiger partial charge in [0, 0.05) is 13.1 Å². The highest BCUT2D eigenvalue weighted by Gasteiger charge is 2.27. The third-order valence-electron chi connectivity index (χ3n) is 2.90. The van der Waals surface area contributed by atoms with Gasteiger partial charge in [-0.15, -0.1) is 10.2 Å². The van der Waals surface area contributed by atoms with E-state index >= 15 is 0 Å². The summed E-state index contributed by atoms with van der Waals surface area (Å²) in [4.78, 5) is 34.7. The lowest BCUT2D eigenvalue weighted by Crippen LogP contribution is -2.50. The standard InChI is InChI=1S/C10H13N5O5/c16-8(17)3-6(9(18)19)12-10(20)14-1-2-15-5-11-13-7(15)4-14/h5-6H,1-4H2,(H,12,20)(H,16,17)(H,18,19)/t6-/m0/s1. The highest BCUT2D eigenvalue weighted by atomic mass is 16.4. The predicted octanol–water partition coefficient (Wildman–Crippen LogP) is -1.27. The fourth-order valence-corrected chi connectivity index (χ4v) is 1.85. The highest BCUT2D eigenvalue weighted by molar-refractivity contribution is 5.86. The second-order valence-electron chi connectivity index (χ2n) is 4.30. The maximum Gasteiger partial charge on any atom is 0.326 e. The van der Waals surface area contributed by atoms with E-state index in [0.717, 1.165) is 0 Å². The van der Waals surface area contributed by atoms with E-state index in [1.165, 1.54) is 4.90 Å². The van der Waals surface area contributed by atoms with E-state index in [-0.39, 0.29) is 6.54 Å². The topological polar surface area (TPSA) is 138 Å². The van der Waals surface area contributed by atoms with Crippen LogP contribution in [0.4, 0.5) is 4.79 Å². The minimum atomic E-state index is -1.46. The average molecular weight is 283 g/mol. The van der Waals surface area contributed by atoms with Gasteiger partial charge in [0.05, 0.1) is 13.0 Å². The van der Waals surface area contributed by atoms with Crippen molar-refractivity contribution in [2.24, 2.45) is 0 Å². The lowest BCUT2D eigenvalue weighted by Gasteiger charge is -2.28. The van der Waals surface area contributed by atoms with Gasteiger partial charge < -0.3 is 25.0 Å². The zero-order chi connectivity index (χ0) is 14.7. The molecule has 3 N–H and O–H groups in total. The van der Waals surface area contributed by atoms with Crippen molar-refractivity contribution in [3.63, 3.8) is 0 Å². The Kier molecular flexibility index (Phi) is 3.82. The van der Waals surface area contributed by atoms with Crippen LogP contribution >= 0.6 is 0 Å². The van der Waals surface area contributed by atoms with Gasteiger partial charge >= 0.3 is 18.0 Å². The molecule has 1 atom stereocenters. The van der Waals surface area contributed by atoms with E-state index in [1.807, 2.05) is 0 Å². The Morgan fingerprint density at radius 1 is 1.35 bits per heavy atom. The lowest BCUT2D eigenvalue weighted by molar-refractivity contribution is -0.145. The van der Waals surface area contributed by atoms with Gasteiger partial charge in [0.25, 0.3) is 0 Å². The Bertz CT molecular complexity index is 542. The van der Waals surface area contributed by atoms with Crippen LogP contribution in [0.15, 0.2) is 6.33 Å². The Hall–Kier alpha value is -2.65. The summed E-state index contributed by atoms with van der Waals surface area (Å²) in [5.74, 6) is -2.09. The van der Waals surface area contributed by atoms with Crippen LogP contribution in [-0.2, 0) is 22.7 Å². The maximum absolute atomic E-state index is 11.9. The van der Waals surface area contributed by atoms with Crippen molar-refractivity contribution in [3.8, 4) is 0 Å². The SMILES string of the molecule is O=C(O)C[C@H](NC(=O)N1CCn2cnnc2C1)C(=O)O. The van der Waals surface area contributed by atoms with Crippen LogP contribution in [0.5, 0.6) is 0 Å². The molecule has 20 heavy (non-hydrogen) atoms. The Labute approximate surface area is 113 Å². The molecule has 1 aliphatic rings. The fourth-order valence-electron chi connectivity index (χ4n) is 1.85. The quantitative estimate of drug-likeness (QED) is 0.626. The number of urea groups is 1. The molecule has 1 aromatic heterocycles. The number of carboxylic acids is 2. The predicted molar refractivity (Wildman–Crippen MR) is 62.6 cm³/mol. The van der Waals surface area contributed by atoms with Crippen molar-refractivity contribution < 1.29 is 24.6 Å². The number of nitrogens with zero attached hydrogens (tertiary/aromatic N) is 4. The largest absolute Gasteiger partial charge is 0.481 e. The molecular weight excluding hydrogens is 270 g/mol. The molecule has 1 aromatic rings. The first kappa shape index (κ1) is 13.8. The van der Waals surface area contributed by atoms with Crippen molar-refractivity contribution >= 4 is 18.0 Å². The zero-order valence-corrected chi connectivity index (χ0v) is 10.4. The minimum Gasteiger partial charge on any atom is -0.481 e. The summed E-state index contributed by atoms with van der Waals surface area (Å²) < 4.78 is 1.79. The van der Waals surface area contributed by atoms with Crippen molar-refractivity contribution in [1.29, 1.82) is 0 Å². The van der Waals surface area contributed by atoms with Crippen LogP contribution in [0.3, 0.4) is 0 Å². The molecular formula is C10H13N5O5. The molecule has 0 unspecified atom stereocenters. The van der Waals surface area contributed by atoms with E-state index in [1.54, 1.807) is 10.9 Å². The van der Waals surface area contributed by atoms with Crippen LogP contribution in [0.25, 0.3) is 0 Å². The summed E-state index contributed by atoms with van der Waals surface area (Å²) in [5.41, 5.74) is 0. The van der Waals surface area contributed by atoms with Gasteiger partial charge in [-0.2, -0.15) is 0 Å². The minimum absolute atomic E-state index is 0.200. The van der Waals surface area contributed by atoms with Gasteiger partial charge in [-0.25, -0.2) is 9.59 Å². The van der Waals surface area contributed by atoms with Crippen LogP contribution in [0.1, 0.15) is 12.2 Å². The second-order valence-corrected chi connectivity index (χ2v) is 4.30. The number of fused-ring (bicyclic) bond motifs is 1.